The van der Waals surface area contributed by atoms with Gasteiger partial charge in [0.05, 0.1) is 10.6 Å². The monoisotopic (exact) mass is 327 g/mol. The fourth-order valence-corrected chi connectivity index (χ4v) is 3.07. The Hall–Kier alpha value is -2.66. The van der Waals surface area contributed by atoms with Crippen LogP contribution in [0.4, 0.5) is 10.1 Å². The van der Waals surface area contributed by atoms with Crippen LogP contribution < -0.4 is 5.32 Å². The summed E-state index contributed by atoms with van der Waals surface area (Å²) >= 11 is 1.31. The predicted octanol–water partition coefficient (Wildman–Crippen LogP) is 4.82. The molecule has 1 amide bonds. The first-order chi connectivity index (χ1) is 11.0. The topological polar surface area (TPSA) is 49.3 Å². The second kappa shape index (κ2) is 6.22. The third kappa shape index (κ3) is 3.40. The van der Waals surface area contributed by atoms with Crippen molar-refractivity contribution in [3.8, 4) is 16.2 Å². The Labute approximate surface area is 137 Å². The van der Waals surface area contributed by atoms with E-state index in [0.717, 1.165) is 16.0 Å². The molecule has 2 N–H and O–H groups in total. The Balaban J connectivity index is 1.79. The maximum Gasteiger partial charge on any atom is 0.265 e. The van der Waals surface area contributed by atoms with Gasteiger partial charge in [-0.1, -0.05) is 18.2 Å². The number of phenols is 1. The molecule has 5 heteroatoms. The van der Waals surface area contributed by atoms with E-state index in [9.17, 15) is 14.3 Å². The van der Waals surface area contributed by atoms with Crippen molar-refractivity contribution in [3.05, 3.63) is 70.9 Å². The number of aryl methyl sites for hydroxylation is 1. The van der Waals surface area contributed by atoms with Crippen LogP contribution in [0.25, 0.3) is 10.4 Å². The van der Waals surface area contributed by atoms with E-state index >= 15 is 0 Å². The molecule has 0 aliphatic heterocycles. The van der Waals surface area contributed by atoms with E-state index in [-0.39, 0.29) is 17.5 Å². The number of carbonyl (C=O) groups is 1. The number of anilines is 1. The number of thiophene rings is 1. The first-order valence-electron chi connectivity index (χ1n) is 7.00. The van der Waals surface area contributed by atoms with Crippen LogP contribution in [0, 0.1) is 12.7 Å². The van der Waals surface area contributed by atoms with Crippen molar-refractivity contribution in [1.29, 1.82) is 0 Å². The number of rotatable bonds is 3. The second-order valence-corrected chi connectivity index (χ2v) is 6.23. The average Bonchev–Trinajstić information content (AvgIpc) is 3.01. The lowest BCUT2D eigenvalue weighted by Gasteiger charge is -2.06. The van der Waals surface area contributed by atoms with Gasteiger partial charge in [-0.05, 0) is 54.4 Å². The van der Waals surface area contributed by atoms with Crippen LogP contribution in [-0.4, -0.2) is 11.0 Å². The highest BCUT2D eigenvalue weighted by Gasteiger charge is 2.12. The molecule has 0 radical (unpaired) electrons. The third-order valence-electron chi connectivity index (χ3n) is 3.36. The molecule has 3 nitrogen and oxygen atoms in total. The van der Waals surface area contributed by atoms with Gasteiger partial charge in [0.1, 0.15) is 11.6 Å². The minimum Gasteiger partial charge on any atom is -0.506 e. The third-order valence-corrected chi connectivity index (χ3v) is 4.49. The molecule has 1 heterocycles. The Kier molecular flexibility index (Phi) is 4.12. The van der Waals surface area contributed by atoms with Crippen molar-refractivity contribution >= 4 is 22.9 Å². The molecule has 0 fully saturated rings. The summed E-state index contributed by atoms with van der Waals surface area (Å²) in [5.74, 6) is -0.547. The highest BCUT2D eigenvalue weighted by atomic mass is 32.1. The van der Waals surface area contributed by atoms with Gasteiger partial charge in [0.25, 0.3) is 5.91 Å². The summed E-state index contributed by atoms with van der Waals surface area (Å²) < 4.78 is 13.0. The fraction of sp³-hybridized carbons (Fsp3) is 0.0556. The van der Waals surface area contributed by atoms with E-state index in [0.29, 0.717) is 10.6 Å². The molecule has 0 saturated carbocycles. The Bertz CT molecular complexity index is 856. The summed E-state index contributed by atoms with van der Waals surface area (Å²) in [6.07, 6.45) is 0. The Morgan fingerprint density at radius 1 is 1.09 bits per heavy atom. The number of benzene rings is 2. The lowest BCUT2D eigenvalue weighted by molar-refractivity contribution is 0.103. The Morgan fingerprint density at radius 3 is 2.52 bits per heavy atom. The van der Waals surface area contributed by atoms with Crippen molar-refractivity contribution in [2.45, 2.75) is 6.92 Å². The zero-order chi connectivity index (χ0) is 16.4. The molecule has 0 atom stereocenters. The fourth-order valence-electron chi connectivity index (χ4n) is 2.16. The summed E-state index contributed by atoms with van der Waals surface area (Å²) in [5, 5.41) is 12.5. The Morgan fingerprint density at radius 2 is 1.83 bits per heavy atom. The van der Waals surface area contributed by atoms with E-state index in [1.165, 1.54) is 23.5 Å². The molecule has 2 aromatic carbocycles. The zero-order valence-electron chi connectivity index (χ0n) is 12.3. The van der Waals surface area contributed by atoms with Crippen molar-refractivity contribution in [1.82, 2.24) is 0 Å². The van der Waals surface area contributed by atoms with Gasteiger partial charge >= 0.3 is 0 Å². The summed E-state index contributed by atoms with van der Waals surface area (Å²) in [6, 6.07) is 14.7. The number of halogens is 1. The van der Waals surface area contributed by atoms with Gasteiger partial charge in [0.15, 0.2) is 0 Å². The van der Waals surface area contributed by atoms with Gasteiger partial charge in [-0.2, -0.15) is 0 Å². The molecule has 0 aliphatic rings. The number of carbonyl (C=O) groups excluding carboxylic acids is 1. The van der Waals surface area contributed by atoms with Gasteiger partial charge in [-0.3, -0.25) is 4.79 Å². The zero-order valence-corrected chi connectivity index (χ0v) is 13.2. The van der Waals surface area contributed by atoms with E-state index in [2.05, 4.69) is 5.32 Å². The molecule has 3 aromatic rings. The van der Waals surface area contributed by atoms with Gasteiger partial charge < -0.3 is 10.4 Å². The maximum absolute atomic E-state index is 13.0. The van der Waals surface area contributed by atoms with Crippen LogP contribution in [0.3, 0.4) is 0 Å². The highest BCUT2D eigenvalue weighted by molar-refractivity contribution is 7.17. The smallest absolute Gasteiger partial charge is 0.265 e. The summed E-state index contributed by atoms with van der Waals surface area (Å²) in [5.41, 5.74) is 2.14. The van der Waals surface area contributed by atoms with E-state index in [1.807, 2.05) is 19.1 Å². The lowest BCUT2D eigenvalue weighted by atomic mass is 10.2. The van der Waals surface area contributed by atoms with Crippen LogP contribution >= 0.6 is 11.3 Å². The number of hydrogen-bond donors (Lipinski definition) is 2. The predicted molar refractivity (Wildman–Crippen MR) is 90.5 cm³/mol. The van der Waals surface area contributed by atoms with Crippen LogP contribution in [0.15, 0.2) is 54.6 Å². The number of amides is 1. The molecular weight excluding hydrogens is 313 g/mol. The average molecular weight is 327 g/mol. The molecule has 0 saturated heterocycles. The normalized spacial score (nSPS) is 10.5. The minimum absolute atomic E-state index is 0.0358. The standard InChI is InChI=1S/C18H14FNO2S/c1-11-2-7-14(15(21)10-11)20-18(22)17-9-8-16(23-17)12-3-5-13(19)6-4-12/h2-10,21H,1H3,(H,20,22). The summed E-state index contributed by atoms with van der Waals surface area (Å²) in [7, 11) is 0. The maximum atomic E-state index is 13.0. The second-order valence-electron chi connectivity index (χ2n) is 5.15. The largest absolute Gasteiger partial charge is 0.506 e. The number of aromatic hydroxyl groups is 1. The molecule has 0 spiro atoms. The van der Waals surface area contributed by atoms with Crippen molar-refractivity contribution < 1.29 is 14.3 Å². The number of hydrogen-bond acceptors (Lipinski definition) is 3. The molecule has 23 heavy (non-hydrogen) atoms. The van der Waals surface area contributed by atoms with Crippen molar-refractivity contribution in [2.24, 2.45) is 0 Å². The van der Waals surface area contributed by atoms with Gasteiger partial charge in [-0.25, -0.2) is 4.39 Å². The van der Waals surface area contributed by atoms with Crippen LogP contribution in [-0.2, 0) is 0 Å². The highest BCUT2D eigenvalue weighted by Crippen LogP contribution is 2.30. The summed E-state index contributed by atoms with van der Waals surface area (Å²) in [4.78, 5) is 13.7. The van der Waals surface area contributed by atoms with Crippen molar-refractivity contribution in [2.75, 3.05) is 5.32 Å². The van der Waals surface area contributed by atoms with Crippen LogP contribution in [0.5, 0.6) is 5.75 Å². The van der Waals surface area contributed by atoms with E-state index < -0.39 is 0 Å². The number of nitrogens with one attached hydrogen (secondary N) is 1. The SMILES string of the molecule is Cc1ccc(NC(=O)c2ccc(-c3ccc(F)cc3)s2)c(O)c1. The van der Waals surface area contributed by atoms with Crippen molar-refractivity contribution in [3.63, 3.8) is 0 Å². The van der Waals surface area contributed by atoms with E-state index in [4.69, 9.17) is 0 Å². The summed E-state index contributed by atoms with van der Waals surface area (Å²) in [6.45, 7) is 1.86. The molecule has 1 aromatic heterocycles. The number of phenolic OH excluding ortho intramolecular Hbond substituents is 1. The molecular formula is C18H14FNO2S. The van der Waals surface area contributed by atoms with Crippen LogP contribution in [0.2, 0.25) is 0 Å². The first-order valence-corrected chi connectivity index (χ1v) is 7.81. The van der Waals surface area contributed by atoms with E-state index in [1.54, 1.807) is 30.3 Å². The van der Waals surface area contributed by atoms with Gasteiger partial charge in [-0.15, -0.1) is 11.3 Å². The molecule has 0 unspecified atom stereocenters. The quantitative estimate of drug-likeness (QED) is 0.678. The van der Waals surface area contributed by atoms with Gasteiger partial charge in [0.2, 0.25) is 0 Å². The molecule has 3 rings (SSSR count). The lowest BCUT2D eigenvalue weighted by Crippen LogP contribution is -2.10. The van der Waals surface area contributed by atoms with Crippen LogP contribution in [0.1, 0.15) is 15.2 Å². The van der Waals surface area contributed by atoms with Gasteiger partial charge in [0, 0.05) is 4.88 Å². The molecule has 0 bridgehead atoms. The minimum atomic E-state index is -0.293. The molecule has 0 aliphatic carbocycles. The molecule has 116 valence electrons. The first kappa shape index (κ1) is 15.2.